The summed E-state index contributed by atoms with van der Waals surface area (Å²) in [4.78, 5) is 22.8. The van der Waals surface area contributed by atoms with Crippen LogP contribution in [0.25, 0.3) is 16.7 Å². The quantitative estimate of drug-likeness (QED) is 0.358. The van der Waals surface area contributed by atoms with E-state index in [1.165, 1.54) is 30.4 Å². The number of fused-ring (bicyclic) bond motifs is 1. The number of hydrogen-bond donors (Lipinski definition) is 2. The van der Waals surface area contributed by atoms with Gasteiger partial charge in [-0.25, -0.2) is 15.0 Å². The lowest BCUT2D eigenvalue weighted by Gasteiger charge is -2.40. The number of nitrogens with zero attached hydrogens (tertiary/aromatic N) is 8. The second-order valence-corrected chi connectivity index (χ2v) is 9.89. The van der Waals surface area contributed by atoms with Gasteiger partial charge in [0, 0.05) is 43.7 Å². The van der Waals surface area contributed by atoms with Crippen molar-refractivity contribution in [1.82, 2.24) is 34.6 Å². The van der Waals surface area contributed by atoms with Gasteiger partial charge in [0.1, 0.15) is 12.1 Å². The number of piperazine rings is 1. The van der Waals surface area contributed by atoms with Crippen molar-refractivity contribution in [1.29, 1.82) is 0 Å². The molecule has 1 saturated carbocycles. The smallest absolute Gasteiger partial charge is 0.248 e. The Labute approximate surface area is 220 Å². The van der Waals surface area contributed by atoms with Crippen molar-refractivity contribution < 1.29 is 9.47 Å². The van der Waals surface area contributed by atoms with Crippen LogP contribution in [0.4, 0.5) is 23.4 Å². The van der Waals surface area contributed by atoms with Crippen molar-refractivity contribution in [2.75, 3.05) is 56.3 Å². The number of anilines is 4. The number of nitrogens with one attached hydrogen (secondary N) is 1. The van der Waals surface area contributed by atoms with E-state index < -0.39 is 0 Å². The zero-order chi connectivity index (χ0) is 26.2. The molecule has 4 aromatic rings. The predicted octanol–water partition coefficient (Wildman–Crippen LogP) is 2.87. The monoisotopic (exact) mass is 516 g/mol. The number of nitrogen functional groups attached to an aromatic ring is 1. The van der Waals surface area contributed by atoms with E-state index in [2.05, 4.69) is 42.1 Å². The van der Waals surface area contributed by atoms with Crippen LogP contribution in [0.5, 0.6) is 11.5 Å². The maximum absolute atomic E-state index is 6.23. The minimum Gasteiger partial charge on any atom is -0.493 e. The predicted molar refractivity (Wildman–Crippen MR) is 145 cm³/mol. The van der Waals surface area contributed by atoms with E-state index in [1.807, 2.05) is 12.1 Å². The normalized spacial score (nSPS) is 18.1. The van der Waals surface area contributed by atoms with E-state index >= 15 is 0 Å². The number of ether oxygens (including phenoxy) is 2. The van der Waals surface area contributed by atoms with Crippen LogP contribution in [0.3, 0.4) is 0 Å². The SMILES string of the molecule is COc1cc2ncnc(-n3nc(Nc4ccc(N5CCN(CC6CC6)[C@@H](C)C5)nc4)nc3N)c2cc1OC. The second kappa shape index (κ2) is 9.93. The van der Waals surface area contributed by atoms with Crippen molar-refractivity contribution in [2.45, 2.75) is 25.8 Å². The highest BCUT2D eigenvalue weighted by Gasteiger charge is 2.30. The average Bonchev–Trinajstić information content (AvgIpc) is 3.69. The van der Waals surface area contributed by atoms with Gasteiger partial charge in [-0.05, 0) is 43.9 Å². The largest absolute Gasteiger partial charge is 0.493 e. The van der Waals surface area contributed by atoms with Gasteiger partial charge in [-0.3, -0.25) is 4.90 Å². The molecule has 12 heteroatoms. The van der Waals surface area contributed by atoms with E-state index in [-0.39, 0.29) is 5.95 Å². The summed E-state index contributed by atoms with van der Waals surface area (Å²) in [5, 5.41) is 8.44. The van der Waals surface area contributed by atoms with Crippen molar-refractivity contribution in [2.24, 2.45) is 5.92 Å². The molecular formula is C26H32N10O2. The number of nitrogens with two attached hydrogens (primary N) is 1. The zero-order valence-electron chi connectivity index (χ0n) is 21.8. The van der Waals surface area contributed by atoms with Crippen molar-refractivity contribution in [3.8, 4) is 17.3 Å². The molecule has 0 spiro atoms. The number of benzene rings is 1. The first-order valence-corrected chi connectivity index (χ1v) is 12.8. The molecule has 6 rings (SSSR count). The number of aromatic nitrogens is 6. The molecule has 198 valence electrons. The van der Waals surface area contributed by atoms with Gasteiger partial charge in [0.05, 0.1) is 31.6 Å². The molecule has 2 aliphatic rings. The van der Waals surface area contributed by atoms with Crippen molar-refractivity contribution >= 4 is 34.3 Å². The van der Waals surface area contributed by atoms with Crippen molar-refractivity contribution in [3.05, 3.63) is 36.8 Å². The lowest BCUT2D eigenvalue weighted by atomic mass is 10.1. The summed E-state index contributed by atoms with van der Waals surface area (Å²) in [6.45, 7) is 6.60. The van der Waals surface area contributed by atoms with Crippen LogP contribution in [-0.2, 0) is 0 Å². The van der Waals surface area contributed by atoms with Gasteiger partial charge in [0.15, 0.2) is 17.3 Å². The Balaban J connectivity index is 1.18. The molecule has 0 amide bonds. The summed E-state index contributed by atoms with van der Waals surface area (Å²) in [5.74, 6) is 4.03. The van der Waals surface area contributed by atoms with Crippen LogP contribution in [-0.4, -0.2) is 81.1 Å². The topological polar surface area (TPSA) is 132 Å². The van der Waals surface area contributed by atoms with Crippen LogP contribution in [0.15, 0.2) is 36.8 Å². The summed E-state index contributed by atoms with van der Waals surface area (Å²) in [7, 11) is 3.16. The maximum Gasteiger partial charge on any atom is 0.248 e. The Bertz CT molecular complexity index is 1440. The third-order valence-electron chi connectivity index (χ3n) is 7.24. The van der Waals surface area contributed by atoms with Crippen LogP contribution in [0, 0.1) is 5.92 Å². The summed E-state index contributed by atoms with van der Waals surface area (Å²) in [6, 6.07) is 8.12. The van der Waals surface area contributed by atoms with Gasteiger partial charge in [0.2, 0.25) is 11.9 Å². The van der Waals surface area contributed by atoms with E-state index in [0.29, 0.717) is 40.2 Å². The van der Waals surface area contributed by atoms with Gasteiger partial charge in [-0.1, -0.05) is 0 Å². The molecule has 1 aliphatic carbocycles. The van der Waals surface area contributed by atoms with E-state index in [4.69, 9.17) is 20.2 Å². The number of rotatable bonds is 8. The van der Waals surface area contributed by atoms with Crippen LogP contribution < -0.4 is 25.4 Å². The number of methoxy groups -OCH3 is 2. The highest BCUT2D eigenvalue weighted by Crippen LogP contribution is 2.34. The Morgan fingerprint density at radius 1 is 1.05 bits per heavy atom. The molecule has 4 heterocycles. The molecule has 3 aromatic heterocycles. The molecule has 12 nitrogen and oxygen atoms in total. The molecule has 2 fully saturated rings. The second-order valence-electron chi connectivity index (χ2n) is 9.89. The lowest BCUT2D eigenvalue weighted by molar-refractivity contribution is 0.181. The van der Waals surface area contributed by atoms with Gasteiger partial charge in [-0.15, -0.1) is 5.10 Å². The summed E-state index contributed by atoms with van der Waals surface area (Å²) < 4.78 is 12.3. The van der Waals surface area contributed by atoms with E-state index in [9.17, 15) is 0 Å². The van der Waals surface area contributed by atoms with Crippen LogP contribution in [0.2, 0.25) is 0 Å². The molecule has 38 heavy (non-hydrogen) atoms. The molecule has 0 radical (unpaired) electrons. The first-order chi connectivity index (χ1) is 18.5. The molecular weight excluding hydrogens is 484 g/mol. The number of pyridine rings is 1. The minimum absolute atomic E-state index is 0.185. The lowest BCUT2D eigenvalue weighted by Crippen LogP contribution is -2.52. The first-order valence-electron chi connectivity index (χ1n) is 12.8. The molecule has 1 aliphatic heterocycles. The molecule has 1 aromatic carbocycles. The van der Waals surface area contributed by atoms with Gasteiger partial charge >= 0.3 is 0 Å². The Morgan fingerprint density at radius 2 is 1.87 bits per heavy atom. The molecule has 1 saturated heterocycles. The van der Waals surface area contributed by atoms with Crippen molar-refractivity contribution in [3.63, 3.8) is 0 Å². The Morgan fingerprint density at radius 3 is 2.58 bits per heavy atom. The van der Waals surface area contributed by atoms with Gasteiger partial charge in [0.25, 0.3) is 0 Å². The standard InChI is InChI=1S/C26H32N10O2/c1-16-13-35(9-8-34(16)14-17-4-5-17)23-7-6-18(12-28-23)31-26-32-25(27)36(33-26)24-19-10-21(37-2)22(38-3)11-20(19)29-15-30-24/h6-7,10-12,15-17H,4-5,8-9,13-14H2,1-3H3,(H3,27,31,32,33)/t16-/m0/s1. The minimum atomic E-state index is 0.185. The first kappa shape index (κ1) is 24.2. The zero-order valence-corrected chi connectivity index (χ0v) is 21.8. The highest BCUT2D eigenvalue weighted by atomic mass is 16.5. The fourth-order valence-corrected chi connectivity index (χ4v) is 4.95. The maximum atomic E-state index is 6.23. The fraction of sp³-hybridized carbons (Fsp3) is 0.423. The van der Waals surface area contributed by atoms with Crippen LogP contribution in [0.1, 0.15) is 19.8 Å². The number of hydrogen-bond acceptors (Lipinski definition) is 11. The molecule has 1 atom stereocenters. The average molecular weight is 517 g/mol. The summed E-state index contributed by atoms with van der Waals surface area (Å²) in [6.07, 6.45) is 6.03. The Hall–Kier alpha value is -4.19. The molecule has 3 N–H and O–H groups in total. The van der Waals surface area contributed by atoms with Gasteiger partial charge < -0.3 is 25.4 Å². The van der Waals surface area contributed by atoms with E-state index in [1.54, 1.807) is 32.5 Å². The Kier molecular flexibility index (Phi) is 6.32. The summed E-state index contributed by atoms with van der Waals surface area (Å²) >= 11 is 0. The third kappa shape index (κ3) is 4.74. The fourth-order valence-electron chi connectivity index (χ4n) is 4.95. The van der Waals surface area contributed by atoms with Crippen LogP contribution >= 0.6 is 0 Å². The molecule has 0 unspecified atom stereocenters. The van der Waals surface area contributed by atoms with Gasteiger partial charge in [-0.2, -0.15) is 9.67 Å². The summed E-state index contributed by atoms with van der Waals surface area (Å²) in [5.41, 5.74) is 7.67. The highest BCUT2D eigenvalue weighted by molar-refractivity contribution is 5.88. The third-order valence-corrected chi connectivity index (χ3v) is 7.24. The molecule has 0 bridgehead atoms. The van der Waals surface area contributed by atoms with E-state index in [0.717, 1.165) is 37.1 Å².